The minimum absolute atomic E-state index is 0.126. The number of fused-ring (bicyclic) bond motifs is 1. The van der Waals surface area contributed by atoms with Gasteiger partial charge in [0.1, 0.15) is 11.5 Å². The number of likely N-dealkylation sites (tertiary alicyclic amines) is 1. The molecule has 2 aromatic carbocycles. The number of benzene rings is 2. The van der Waals surface area contributed by atoms with Gasteiger partial charge in [-0.05, 0) is 93.6 Å². The lowest BCUT2D eigenvalue weighted by atomic mass is 9.91. The lowest BCUT2D eigenvalue weighted by Crippen LogP contribution is -2.21. The Labute approximate surface area is 213 Å². The van der Waals surface area contributed by atoms with E-state index in [0.717, 1.165) is 45.7 Å². The molecule has 1 aromatic heterocycles. The Balaban J connectivity index is 1.34. The lowest BCUT2D eigenvalue weighted by Gasteiger charge is -2.15. The lowest BCUT2D eigenvalue weighted by molar-refractivity contribution is 0.103. The first kappa shape index (κ1) is 24.3. The highest BCUT2D eigenvalue weighted by Gasteiger charge is 2.26. The summed E-state index contributed by atoms with van der Waals surface area (Å²) >= 11 is 1.79. The molecule has 1 aliphatic heterocycles. The maximum Gasteiger partial charge on any atom is 0.194 e. The van der Waals surface area contributed by atoms with Gasteiger partial charge in [0, 0.05) is 32.6 Å². The molecule has 1 saturated heterocycles. The van der Waals surface area contributed by atoms with Crippen LogP contribution in [0.5, 0.6) is 11.5 Å². The second kappa shape index (κ2) is 11.6. The number of thiophene rings is 1. The molecule has 0 spiro atoms. The van der Waals surface area contributed by atoms with E-state index in [4.69, 9.17) is 9.47 Å². The van der Waals surface area contributed by atoms with E-state index in [0.29, 0.717) is 12.5 Å². The topological polar surface area (TPSA) is 38.8 Å². The first-order chi connectivity index (χ1) is 17.2. The molecule has 0 radical (unpaired) electrons. The highest BCUT2D eigenvalue weighted by molar-refractivity contribution is 7.19. The average molecular weight is 492 g/mol. The van der Waals surface area contributed by atoms with Crippen molar-refractivity contribution < 1.29 is 14.3 Å². The van der Waals surface area contributed by atoms with Crippen molar-refractivity contribution in [1.82, 2.24) is 4.90 Å². The summed E-state index contributed by atoms with van der Waals surface area (Å²) in [5.74, 6) is 2.28. The SMILES string of the molecule is COc1ccc2c(C(=O)c3ccc(OCCCN4CCCC4)cc3)c(C3CCCCCC3)sc2c1. The Hall–Kier alpha value is -2.37. The molecule has 186 valence electrons. The van der Waals surface area contributed by atoms with Crippen LogP contribution in [0.25, 0.3) is 10.1 Å². The Morgan fingerprint density at radius 3 is 2.37 bits per heavy atom. The van der Waals surface area contributed by atoms with Crippen LogP contribution in [0.15, 0.2) is 42.5 Å². The van der Waals surface area contributed by atoms with E-state index in [1.165, 1.54) is 69.3 Å². The van der Waals surface area contributed by atoms with Crippen LogP contribution in [-0.4, -0.2) is 44.0 Å². The predicted octanol–water partition coefficient (Wildman–Crippen LogP) is 7.44. The van der Waals surface area contributed by atoms with Crippen LogP contribution < -0.4 is 9.47 Å². The third kappa shape index (κ3) is 5.73. The van der Waals surface area contributed by atoms with E-state index in [2.05, 4.69) is 17.0 Å². The van der Waals surface area contributed by atoms with E-state index in [9.17, 15) is 4.79 Å². The standard InChI is InChI=1S/C30H37NO3S/c1-33-25-15-16-26-27(21-25)35-30(23-9-4-2-3-5-10-23)28(26)29(32)22-11-13-24(14-12-22)34-20-8-19-31-17-6-7-18-31/h11-16,21,23H,2-10,17-20H2,1H3. The maximum atomic E-state index is 13.9. The van der Waals surface area contributed by atoms with Gasteiger partial charge in [-0.25, -0.2) is 0 Å². The molecule has 2 fully saturated rings. The van der Waals surface area contributed by atoms with Crippen molar-refractivity contribution in [2.24, 2.45) is 0 Å². The first-order valence-electron chi connectivity index (χ1n) is 13.3. The van der Waals surface area contributed by atoms with Crippen molar-refractivity contribution in [3.05, 3.63) is 58.5 Å². The Morgan fingerprint density at radius 2 is 1.66 bits per heavy atom. The molecule has 35 heavy (non-hydrogen) atoms. The summed E-state index contributed by atoms with van der Waals surface area (Å²) in [7, 11) is 1.70. The van der Waals surface area contributed by atoms with E-state index < -0.39 is 0 Å². The van der Waals surface area contributed by atoms with Gasteiger partial charge in [0.25, 0.3) is 0 Å². The van der Waals surface area contributed by atoms with Crippen molar-refractivity contribution in [2.45, 2.75) is 63.7 Å². The van der Waals surface area contributed by atoms with Gasteiger partial charge in [-0.1, -0.05) is 25.7 Å². The normalized spacial score (nSPS) is 17.5. The minimum atomic E-state index is 0.126. The number of ether oxygens (including phenoxy) is 2. The van der Waals surface area contributed by atoms with Gasteiger partial charge < -0.3 is 14.4 Å². The fourth-order valence-corrected chi connectivity index (χ4v) is 7.02. The van der Waals surface area contributed by atoms with E-state index in [-0.39, 0.29) is 5.78 Å². The van der Waals surface area contributed by atoms with Crippen molar-refractivity contribution >= 4 is 27.2 Å². The maximum absolute atomic E-state index is 13.9. The molecule has 1 aliphatic carbocycles. The molecule has 4 nitrogen and oxygen atoms in total. The number of nitrogens with zero attached hydrogens (tertiary/aromatic N) is 1. The van der Waals surface area contributed by atoms with Crippen molar-refractivity contribution in [3.63, 3.8) is 0 Å². The highest BCUT2D eigenvalue weighted by atomic mass is 32.1. The zero-order valence-electron chi connectivity index (χ0n) is 20.9. The second-order valence-corrected chi connectivity index (χ2v) is 11.1. The van der Waals surface area contributed by atoms with Crippen molar-refractivity contribution in [3.8, 4) is 11.5 Å². The third-order valence-electron chi connectivity index (χ3n) is 7.58. The van der Waals surface area contributed by atoms with Crippen LogP contribution in [-0.2, 0) is 0 Å². The number of hydrogen-bond donors (Lipinski definition) is 0. The van der Waals surface area contributed by atoms with Gasteiger partial charge in [-0.3, -0.25) is 4.79 Å². The largest absolute Gasteiger partial charge is 0.497 e. The van der Waals surface area contributed by atoms with Gasteiger partial charge in [-0.2, -0.15) is 0 Å². The fourth-order valence-electron chi connectivity index (χ4n) is 5.62. The zero-order chi connectivity index (χ0) is 24.0. The van der Waals surface area contributed by atoms with Crippen LogP contribution in [0.2, 0.25) is 0 Å². The number of carbonyl (C=O) groups excluding carboxylic acids is 1. The van der Waals surface area contributed by atoms with E-state index >= 15 is 0 Å². The molecule has 0 bridgehead atoms. The second-order valence-electron chi connectivity index (χ2n) is 10.00. The molecule has 0 atom stereocenters. The molecule has 2 aliphatic rings. The minimum Gasteiger partial charge on any atom is -0.497 e. The van der Waals surface area contributed by atoms with Gasteiger partial charge >= 0.3 is 0 Å². The summed E-state index contributed by atoms with van der Waals surface area (Å²) in [4.78, 5) is 17.7. The zero-order valence-corrected chi connectivity index (χ0v) is 21.7. The van der Waals surface area contributed by atoms with Crippen LogP contribution in [0.1, 0.15) is 84.5 Å². The summed E-state index contributed by atoms with van der Waals surface area (Å²) in [5, 5.41) is 1.06. The fraction of sp³-hybridized carbons (Fsp3) is 0.500. The molecule has 3 aromatic rings. The summed E-state index contributed by atoms with van der Waals surface area (Å²) in [6.45, 7) is 4.27. The van der Waals surface area contributed by atoms with Crippen molar-refractivity contribution in [2.75, 3.05) is 33.4 Å². The summed E-state index contributed by atoms with van der Waals surface area (Å²) in [6, 6.07) is 13.9. The summed E-state index contributed by atoms with van der Waals surface area (Å²) in [5.41, 5.74) is 1.64. The smallest absolute Gasteiger partial charge is 0.194 e. The number of carbonyl (C=O) groups is 1. The van der Waals surface area contributed by atoms with Gasteiger partial charge in [0.2, 0.25) is 0 Å². The van der Waals surface area contributed by atoms with Gasteiger partial charge in [0.15, 0.2) is 5.78 Å². The van der Waals surface area contributed by atoms with E-state index in [1.54, 1.807) is 18.4 Å². The van der Waals surface area contributed by atoms with Gasteiger partial charge in [0.05, 0.1) is 13.7 Å². The molecule has 0 N–H and O–H groups in total. The number of rotatable bonds is 9. The Morgan fingerprint density at radius 1 is 0.943 bits per heavy atom. The molecular weight excluding hydrogens is 454 g/mol. The number of methoxy groups -OCH3 is 1. The number of ketones is 1. The molecule has 2 heterocycles. The molecule has 5 rings (SSSR count). The summed E-state index contributed by atoms with van der Waals surface area (Å²) < 4.78 is 12.6. The predicted molar refractivity (Wildman–Crippen MR) is 144 cm³/mol. The van der Waals surface area contributed by atoms with Crippen LogP contribution in [0, 0.1) is 0 Å². The number of hydrogen-bond acceptors (Lipinski definition) is 5. The van der Waals surface area contributed by atoms with Crippen LogP contribution in [0.4, 0.5) is 0 Å². The molecule has 0 unspecified atom stereocenters. The molecule has 0 amide bonds. The average Bonchev–Trinajstić information content (AvgIpc) is 3.46. The van der Waals surface area contributed by atoms with Gasteiger partial charge in [-0.15, -0.1) is 11.3 Å². The van der Waals surface area contributed by atoms with Crippen molar-refractivity contribution in [1.29, 1.82) is 0 Å². The molecule has 1 saturated carbocycles. The van der Waals surface area contributed by atoms with E-state index in [1.807, 2.05) is 30.3 Å². The summed E-state index contributed by atoms with van der Waals surface area (Å²) in [6.07, 6.45) is 11.1. The third-order valence-corrected chi connectivity index (χ3v) is 8.90. The van der Waals surface area contributed by atoms with Crippen LogP contribution >= 0.6 is 11.3 Å². The first-order valence-corrected chi connectivity index (χ1v) is 14.1. The Kier molecular flexibility index (Phi) is 8.05. The highest BCUT2D eigenvalue weighted by Crippen LogP contribution is 2.43. The Bertz CT molecular complexity index is 1120. The van der Waals surface area contributed by atoms with Crippen LogP contribution in [0.3, 0.4) is 0 Å². The molecule has 5 heteroatoms. The quantitative estimate of drug-likeness (QED) is 0.177. The molecular formula is C30H37NO3S. The monoisotopic (exact) mass is 491 g/mol.